The van der Waals surface area contributed by atoms with Gasteiger partial charge in [-0.15, -0.1) is 5.92 Å². The second-order valence-electron chi connectivity index (χ2n) is 4.70. The molecule has 0 unspecified atom stereocenters. The van der Waals surface area contributed by atoms with Gasteiger partial charge >= 0.3 is 17.1 Å². The molecule has 2 heteroatoms. The average molecular weight is 324 g/mol. The van der Waals surface area contributed by atoms with Gasteiger partial charge in [-0.05, 0) is 57.8 Å². The van der Waals surface area contributed by atoms with Gasteiger partial charge in [0, 0.05) is 12.3 Å². The summed E-state index contributed by atoms with van der Waals surface area (Å²) in [6.07, 6.45) is 21.8. The first kappa shape index (κ1) is 21.0. The maximum Gasteiger partial charge on any atom is 2.00 e. The van der Waals surface area contributed by atoms with Crippen molar-refractivity contribution in [2.24, 2.45) is 0 Å². The molecule has 0 heterocycles. The van der Waals surface area contributed by atoms with Crippen molar-refractivity contribution in [3.8, 4) is 11.8 Å². The summed E-state index contributed by atoms with van der Waals surface area (Å²) in [5.74, 6) is 8.19. The third kappa shape index (κ3) is 10.4. The van der Waals surface area contributed by atoms with Gasteiger partial charge in [0.1, 0.15) is 0 Å². The number of aliphatic hydroxyl groups excluding tert-OH is 1. The zero-order valence-corrected chi connectivity index (χ0v) is 13.8. The van der Waals surface area contributed by atoms with Crippen molar-refractivity contribution < 1.29 is 22.2 Å². The molecular formula is C19H24FeO+2. The van der Waals surface area contributed by atoms with Crippen LogP contribution in [0.15, 0.2) is 0 Å². The number of rotatable bonds is 5. The Morgan fingerprint density at radius 3 is 2.14 bits per heavy atom. The molecule has 0 amide bonds. The van der Waals surface area contributed by atoms with Crippen molar-refractivity contribution in [2.45, 2.75) is 39.0 Å². The Bertz CT molecular complexity index is 267. The van der Waals surface area contributed by atoms with E-state index in [9.17, 15) is 0 Å². The van der Waals surface area contributed by atoms with E-state index in [4.69, 9.17) is 5.11 Å². The molecule has 1 nitrogen and oxygen atoms in total. The summed E-state index contributed by atoms with van der Waals surface area (Å²) in [6.45, 7) is 2.30. The van der Waals surface area contributed by atoms with Gasteiger partial charge in [0.05, 0.1) is 12.5 Å². The van der Waals surface area contributed by atoms with Crippen LogP contribution in [0.3, 0.4) is 0 Å². The van der Waals surface area contributed by atoms with Crippen LogP contribution in [0.4, 0.5) is 0 Å². The van der Waals surface area contributed by atoms with Crippen molar-refractivity contribution in [3.05, 3.63) is 63.2 Å². The van der Waals surface area contributed by atoms with Crippen LogP contribution in [0, 0.1) is 75.0 Å². The van der Waals surface area contributed by atoms with Gasteiger partial charge in [-0.25, -0.2) is 0 Å². The van der Waals surface area contributed by atoms with E-state index in [0.29, 0.717) is 0 Å². The van der Waals surface area contributed by atoms with E-state index >= 15 is 0 Å². The second-order valence-corrected chi connectivity index (χ2v) is 4.70. The fourth-order valence-corrected chi connectivity index (χ4v) is 1.84. The van der Waals surface area contributed by atoms with E-state index in [1.807, 2.05) is 51.4 Å². The maximum absolute atomic E-state index is 9.01. The topological polar surface area (TPSA) is 20.2 Å². The molecule has 0 aromatic heterocycles. The summed E-state index contributed by atoms with van der Waals surface area (Å²) in [7, 11) is 0. The van der Waals surface area contributed by atoms with Crippen LogP contribution >= 0.6 is 0 Å². The Kier molecular flexibility index (Phi) is 15.0. The Morgan fingerprint density at radius 1 is 0.905 bits per heavy atom. The summed E-state index contributed by atoms with van der Waals surface area (Å²) in [5.41, 5.74) is 0. The van der Waals surface area contributed by atoms with Gasteiger partial charge in [-0.1, -0.05) is 32.1 Å². The molecule has 2 aliphatic carbocycles. The van der Waals surface area contributed by atoms with Crippen molar-refractivity contribution in [2.75, 3.05) is 6.61 Å². The summed E-state index contributed by atoms with van der Waals surface area (Å²) in [5, 5.41) is 9.01. The van der Waals surface area contributed by atoms with Crippen molar-refractivity contribution in [1.82, 2.24) is 0 Å². The molecule has 1 N–H and O–H groups in total. The van der Waals surface area contributed by atoms with E-state index < -0.39 is 0 Å². The Hall–Kier alpha value is 0.0395. The maximum atomic E-state index is 9.01. The molecule has 2 rings (SSSR count). The molecule has 112 valence electrons. The van der Waals surface area contributed by atoms with Gasteiger partial charge in [-0.2, -0.15) is 0 Å². The Labute approximate surface area is 143 Å². The van der Waals surface area contributed by atoms with Crippen LogP contribution in [0.5, 0.6) is 0 Å². The molecule has 10 radical (unpaired) electrons. The van der Waals surface area contributed by atoms with Crippen molar-refractivity contribution >= 4 is 0 Å². The first-order chi connectivity index (χ1) is 9.88. The standard InChI is InChI=1S/C14H19O.C5H5.Fe/c1-2-3-4-5-6-7-9-13-10-8-11-14(13)12-15;1-2-4-5-3-1;/h8,10-11,15H,2-6,12H2,1H3;1-5H;/q;;+2. The van der Waals surface area contributed by atoms with E-state index in [1.54, 1.807) is 0 Å². The molecule has 2 aliphatic rings. The third-order valence-corrected chi connectivity index (χ3v) is 3.01. The first-order valence-corrected chi connectivity index (χ1v) is 7.39. The first-order valence-electron chi connectivity index (χ1n) is 7.39. The molecule has 0 aromatic carbocycles. The Morgan fingerprint density at radius 2 is 1.57 bits per heavy atom. The summed E-state index contributed by atoms with van der Waals surface area (Å²) in [6, 6.07) is 0. The minimum Gasteiger partial charge on any atom is -0.396 e. The predicted octanol–water partition coefficient (Wildman–Crippen LogP) is 3.75. The zero-order chi connectivity index (χ0) is 14.5. The van der Waals surface area contributed by atoms with Gasteiger partial charge in [0.2, 0.25) is 0 Å². The molecule has 0 atom stereocenters. The quantitative estimate of drug-likeness (QED) is 0.464. The monoisotopic (exact) mass is 324 g/mol. The van der Waals surface area contributed by atoms with Gasteiger partial charge < -0.3 is 5.11 Å². The number of hydrogen-bond acceptors (Lipinski definition) is 1. The number of hydrogen-bond donors (Lipinski definition) is 1. The fourth-order valence-electron chi connectivity index (χ4n) is 1.84. The van der Waals surface area contributed by atoms with Crippen LogP contribution in [0.2, 0.25) is 0 Å². The third-order valence-electron chi connectivity index (χ3n) is 3.01. The van der Waals surface area contributed by atoms with Crippen LogP contribution in [-0.2, 0) is 17.1 Å². The number of unbranched alkanes of at least 4 members (excludes halogenated alkanes) is 4. The summed E-state index contributed by atoms with van der Waals surface area (Å²) >= 11 is 0. The van der Waals surface area contributed by atoms with Gasteiger partial charge in [-0.3, -0.25) is 0 Å². The van der Waals surface area contributed by atoms with Crippen molar-refractivity contribution in [1.29, 1.82) is 0 Å². The average Bonchev–Trinajstić information content (AvgIpc) is 3.16. The molecule has 0 aromatic rings. The smallest absolute Gasteiger partial charge is 0.396 e. The molecular weight excluding hydrogens is 300 g/mol. The minimum absolute atomic E-state index is 0. The molecule has 2 saturated carbocycles. The molecule has 21 heavy (non-hydrogen) atoms. The Balaban J connectivity index is 0.000000562. The van der Waals surface area contributed by atoms with E-state index in [-0.39, 0.29) is 23.7 Å². The van der Waals surface area contributed by atoms with Crippen LogP contribution in [0.25, 0.3) is 0 Å². The van der Waals surface area contributed by atoms with Gasteiger partial charge in [0.15, 0.2) is 0 Å². The molecule has 0 spiro atoms. The normalized spacial score (nSPS) is 18.4. The largest absolute Gasteiger partial charge is 2.00 e. The second kappa shape index (κ2) is 15.0. The predicted molar refractivity (Wildman–Crippen MR) is 84.5 cm³/mol. The van der Waals surface area contributed by atoms with Crippen LogP contribution < -0.4 is 0 Å². The number of aliphatic hydroxyl groups is 1. The van der Waals surface area contributed by atoms with E-state index in [1.165, 1.54) is 25.7 Å². The van der Waals surface area contributed by atoms with Gasteiger partial charge in [0.25, 0.3) is 0 Å². The molecule has 0 saturated heterocycles. The molecule has 2 fully saturated rings. The zero-order valence-electron chi connectivity index (χ0n) is 12.7. The van der Waals surface area contributed by atoms with Crippen LogP contribution in [0.1, 0.15) is 39.0 Å². The minimum atomic E-state index is 0. The van der Waals surface area contributed by atoms with Crippen molar-refractivity contribution in [3.63, 3.8) is 0 Å². The SMILES string of the molecule is CCCCCCC#C[C]1[CH][CH][CH][C]1CO.[CH]1[CH][CH][CH][CH]1.[Fe+2]. The molecule has 0 bridgehead atoms. The summed E-state index contributed by atoms with van der Waals surface area (Å²) < 4.78 is 0. The van der Waals surface area contributed by atoms with Crippen LogP contribution in [-0.4, -0.2) is 11.7 Å². The molecule has 0 aliphatic heterocycles. The fraction of sp³-hybridized carbons (Fsp3) is 0.368. The van der Waals surface area contributed by atoms with E-state index in [2.05, 4.69) is 18.8 Å². The van der Waals surface area contributed by atoms with E-state index in [0.717, 1.165) is 18.3 Å². The summed E-state index contributed by atoms with van der Waals surface area (Å²) in [4.78, 5) is 0.